The predicted molar refractivity (Wildman–Crippen MR) is 89.7 cm³/mol. The molecule has 0 amide bonds. The first-order chi connectivity index (χ1) is 10.6. The van der Waals surface area contributed by atoms with Crippen LogP contribution in [-0.4, -0.2) is 16.2 Å². The molecule has 0 spiro atoms. The fraction of sp³-hybridized carbons (Fsp3) is 0.421. The Bertz CT molecular complexity index is 646. The van der Waals surface area contributed by atoms with E-state index in [4.69, 9.17) is 0 Å². The minimum absolute atomic E-state index is 0.0269. The Labute approximate surface area is 131 Å². The lowest BCUT2D eigenvalue weighted by atomic mass is 9.96. The highest BCUT2D eigenvalue weighted by Crippen LogP contribution is 2.32. The summed E-state index contributed by atoms with van der Waals surface area (Å²) in [5.74, 6) is -1.14. The van der Waals surface area contributed by atoms with Crippen LogP contribution in [0.25, 0.3) is 10.8 Å². The van der Waals surface area contributed by atoms with Crippen LogP contribution in [0.3, 0.4) is 0 Å². The van der Waals surface area contributed by atoms with Gasteiger partial charge in [-0.3, -0.25) is 0 Å². The van der Waals surface area contributed by atoms with Crippen LogP contribution >= 0.6 is 0 Å². The van der Waals surface area contributed by atoms with E-state index in [1.54, 1.807) is 12.1 Å². The molecule has 2 aromatic carbocycles. The van der Waals surface area contributed by atoms with E-state index in [-0.39, 0.29) is 11.3 Å². The molecule has 0 fully saturated rings. The third-order valence-corrected chi connectivity index (χ3v) is 4.11. The molecule has 3 nitrogen and oxygen atoms in total. The van der Waals surface area contributed by atoms with E-state index in [2.05, 4.69) is 6.92 Å². The molecule has 0 aliphatic rings. The van der Waals surface area contributed by atoms with E-state index in [1.165, 1.54) is 25.7 Å². The van der Waals surface area contributed by atoms with E-state index < -0.39 is 5.97 Å². The van der Waals surface area contributed by atoms with Gasteiger partial charge in [0.15, 0.2) is 0 Å². The van der Waals surface area contributed by atoms with Crippen molar-refractivity contribution >= 4 is 16.7 Å². The maximum absolute atomic E-state index is 11.5. The van der Waals surface area contributed by atoms with Gasteiger partial charge in [0.05, 0.1) is 0 Å². The molecule has 0 aromatic heterocycles. The molecule has 0 saturated heterocycles. The Morgan fingerprint density at radius 2 is 1.73 bits per heavy atom. The minimum Gasteiger partial charge on any atom is -0.507 e. The van der Waals surface area contributed by atoms with Gasteiger partial charge in [-0.25, -0.2) is 4.79 Å². The molecule has 0 bridgehead atoms. The molecule has 2 aromatic rings. The normalized spacial score (nSPS) is 11.0. The van der Waals surface area contributed by atoms with Gasteiger partial charge in [-0.15, -0.1) is 0 Å². The number of aryl methyl sites for hydroxylation is 1. The van der Waals surface area contributed by atoms with Crippen LogP contribution in [0.5, 0.6) is 5.75 Å². The van der Waals surface area contributed by atoms with E-state index in [1.807, 2.05) is 18.2 Å². The quantitative estimate of drug-likeness (QED) is 0.663. The zero-order chi connectivity index (χ0) is 15.9. The lowest BCUT2D eigenvalue weighted by Gasteiger charge is -2.11. The van der Waals surface area contributed by atoms with Crippen LogP contribution < -0.4 is 0 Å². The Kier molecular flexibility index (Phi) is 5.82. The molecule has 2 N–H and O–H groups in total. The van der Waals surface area contributed by atoms with Crippen molar-refractivity contribution in [3.63, 3.8) is 0 Å². The lowest BCUT2D eigenvalue weighted by Crippen LogP contribution is -2.01. The summed E-state index contributed by atoms with van der Waals surface area (Å²) in [6.07, 6.45) is 7.78. The smallest absolute Gasteiger partial charge is 0.340 e. The number of fused-ring (bicyclic) bond motifs is 1. The van der Waals surface area contributed by atoms with E-state index in [9.17, 15) is 15.0 Å². The Balaban J connectivity index is 2.16. The van der Waals surface area contributed by atoms with Crippen molar-refractivity contribution in [2.75, 3.05) is 0 Å². The van der Waals surface area contributed by atoms with Crippen molar-refractivity contribution in [2.45, 2.75) is 51.9 Å². The van der Waals surface area contributed by atoms with Crippen molar-refractivity contribution < 1.29 is 15.0 Å². The second-order valence-corrected chi connectivity index (χ2v) is 5.80. The molecule has 118 valence electrons. The van der Waals surface area contributed by atoms with Gasteiger partial charge in [-0.05, 0) is 35.2 Å². The van der Waals surface area contributed by atoms with Gasteiger partial charge < -0.3 is 10.2 Å². The third-order valence-electron chi connectivity index (χ3n) is 4.11. The molecule has 3 heteroatoms. The van der Waals surface area contributed by atoms with Gasteiger partial charge in [0.1, 0.15) is 11.3 Å². The number of unbranched alkanes of at least 4 members (excludes halogenated alkanes) is 5. The SMILES string of the molecule is CCCCCCCCc1cc2ccccc2c(C(=O)O)c1O. The number of carbonyl (C=O) groups is 1. The van der Waals surface area contributed by atoms with Crippen LogP contribution in [0.1, 0.15) is 61.4 Å². The summed E-state index contributed by atoms with van der Waals surface area (Å²) in [7, 11) is 0. The topological polar surface area (TPSA) is 57.5 Å². The van der Waals surface area contributed by atoms with Gasteiger partial charge in [-0.1, -0.05) is 63.3 Å². The zero-order valence-electron chi connectivity index (χ0n) is 13.1. The second kappa shape index (κ2) is 7.83. The summed E-state index contributed by atoms with van der Waals surface area (Å²) >= 11 is 0. The molecule has 22 heavy (non-hydrogen) atoms. The standard InChI is InChI=1S/C19H24O3/c1-2-3-4-5-6-7-11-15-13-14-10-8-9-12-16(14)17(18(15)20)19(21)22/h8-10,12-13,20H,2-7,11H2,1H3,(H,21,22). The predicted octanol–water partition coefficient (Wildman–Crippen LogP) is 5.15. The van der Waals surface area contributed by atoms with Crippen molar-refractivity contribution in [3.05, 3.63) is 41.5 Å². The third kappa shape index (κ3) is 3.79. The summed E-state index contributed by atoms with van der Waals surface area (Å²) in [4.78, 5) is 11.5. The minimum atomic E-state index is -1.07. The Morgan fingerprint density at radius 3 is 2.45 bits per heavy atom. The molecule has 0 saturated carbocycles. The Hall–Kier alpha value is -2.03. The first kappa shape index (κ1) is 16.3. The van der Waals surface area contributed by atoms with Gasteiger partial charge in [-0.2, -0.15) is 0 Å². The lowest BCUT2D eigenvalue weighted by molar-refractivity contribution is 0.0696. The highest BCUT2D eigenvalue weighted by Gasteiger charge is 2.17. The van der Waals surface area contributed by atoms with Crippen LogP contribution in [0.4, 0.5) is 0 Å². The van der Waals surface area contributed by atoms with Crippen molar-refractivity contribution in [2.24, 2.45) is 0 Å². The second-order valence-electron chi connectivity index (χ2n) is 5.80. The molecular weight excluding hydrogens is 276 g/mol. The number of carboxylic acids is 1. The van der Waals surface area contributed by atoms with Crippen LogP contribution in [0.2, 0.25) is 0 Å². The first-order valence-electron chi connectivity index (χ1n) is 8.12. The van der Waals surface area contributed by atoms with Gasteiger partial charge in [0.25, 0.3) is 0 Å². The number of carboxylic acid groups (broad SMARTS) is 1. The number of benzene rings is 2. The molecule has 0 aliphatic heterocycles. The van der Waals surface area contributed by atoms with Crippen molar-refractivity contribution in [1.82, 2.24) is 0 Å². The molecule has 0 radical (unpaired) electrons. The largest absolute Gasteiger partial charge is 0.507 e. The highest BCUT2D eigenvalue weighted by molar-refractivity contribution is 6.06. The maximum atomic E-state index is 11.5. The Morgan fingerprint density at radius 1 is 1.05 bits per heavy atom. The van der Waals surface area contributed by atoms with Crippen LogP contribution in [-0.2, 0) is 6.42 Å². The number of phenols is 1. The molecular formula is C19H24O3. The van der Waals surface area contributed by atoms with Gasteiger partial charge in [0, 0.05) is 0 Å². The van der Waals surface area contributed by atoms with E-state index in [0.29, 0.717) is 5.39 Å². The number of aromatic carboxylic acids is 1. The fourth-order valence-electron chi connectivity index (χ4n) is 2.90. The van der Waals surface area contributed by atoms with E-state index >= 15 is 0 Å². The van der Waals surface area contributed by atoms with Gasteiger partial charge in [0.2, 0.25) is 0 Å². The molecule has 0 aliphatic carbocycles. The summed E-state index contributed by atoms with van der Waals surface area (Å²) in [6.45, 7) is 2.19. The average molecular weight is 300 g/mol. The zero-order valence-corrected chi connectivity index (χ0v) is 13.1. The number of hydrogen-bond donors (Lipinski definition) is 2. The van der Waals surface area contributed by atoms with Crippen molar-refractivity contribution in [3.8, 4) is 5.75 Å². The average Bonchev–Trinajstić information content (AvgIpc) is 2.50. The number of aromatic hydroxyl groups is 1. The highest BCUT2D eigenvalue weighted by atomic mass is 16.4. The van der Waals surface area contributed by atoms with Crippen LogP contribution in [0.15, 0.2) is 30.3 Å². The van der Waals surface area contributed by atoms with E-state index in [0.717, 1.165) is 30.2 Å². The van der Waals surface area contributed by atoms with Crippen molar-refractivity contribution in [1.29, 1.82) is 0 Å². The first-order valence-corrected chi connectivity index (χ1v) is 8.12. The maximum Gasteiger partial charge on any atom is 0.340 e. The fourth-order valence-corrected chi connectivity index (χ4v) is 2.90. The summed E-state index contributed by atoms with van der Waals surface area (Å²) in [5.41, 5.74) is 0.769. The summed E-state index contributed by atoms with van der Waals surface area (Å²) < 4.78 is 0. The number of rotatable bonds is 8. The van der Waals surface area contributed by atoms with Crippen LogP contribution in [0, 0.1) is 0 Å². The molecule has 2 rings (SSSR count). The number of hydrogen-bond acceptors (Lipinski definition) is 2. The monoisotopic (exact) mass is 300 g/mol. The van der Waals surface area contributed by atoms with Gasteiger partial charge >= 0.3 is 5.97 Å². The summed E-state index contributed by atoms with van der Waals surface area (Å²) in [6, 6.07) is 9.24. The molecule has 0 unspecified atom stereocenters. The summed E-state index contributed by atoms with van der Waals surface area (Å²) in [5, 5.41) is 21.2. The molecule has 0 heterocycles. The molecule has 0 atom stereocenters.